The van der Waals surface area contributed by atoms with Crippen molar-refractivity contribution in [1.29, 1.82) is 0 Å². The van der Waals surface area contributed by atoms with E-state index >= 15 is 0 Å². The SMILES string of the molecule is C/C=C(F)\C(=C/CC)C(C)C. The van der Waals surface area contributed by atoms with Crippen LogP contribution in [0.5, 0.6) is 0 Å². The maximum atomic E-state index is 13.0. The van der Waals surface area contributed by atoms with Crippen molar-refractivity contribution < 1.29 is 4.39 Å². The van der Waals surface area contributed by atoms with Crippen molar-refractivity contribution in [1.82, 2.24) is 0 Å². The predicted molar refractivity (Wildman–Crippen MR) is 48.1 cm³/mol. The summed E-state index contributed by atoms with van der Waals surface area (Å²) < 4.78 is 13.0. The maximum Gasteiger partial charge on any atom is 0.122 e. The minimum absolute atomic E-state index is 0.0816. The summed E-state index contributed by atoms with van der Waals surface area (Å²) in [5.41, 5.74) is 0.829. The summed E-state index contributed by atoms with van der Waals surface area (Å²) in [6.07, 6.45) is 4.36. The van der Waals surface area contributed by atoms with Gasteiger partial charge in [-0.3, -0.25) is 0 Å². The van der Waals surface area contributed by atoms with Gasteiger partial charge in [-0.2, -0.15) is 0 Å². The lowest BCUT2D eigenvalue weighted by molar-refractivity contribution is 0.604. The van der Waals surface area contributed by atoms with Gasteiger partial charge in [0.25, 0.3) is 0 Å². The number of rotatable bonds is 3. The van der Waals surface area contributed by atoms with Gasteiger partial charge in [0.1, 0.15) is 5.83 Å². The summed E-state index contributed by atoms with van der Waals surface area (Å²) in [7, 11) is 0. The van der Waals surface area contributed by atoms with Gasteiger partial charge in [0.15, 0.2) is 0 Å². The molecule has 0 saturated carbocycles. The standard InChI is InChI=1S/C10H17F/c1-5-7-9(8(3)4)10(11)6-2/h6-8H,5H2,1-4H3/b9-7-,10-6+. The normalized spacial score (nSPS) is 14.4. The Labute approximate surface area is 68.8 Å². The second-order valence-electron chi connectivity index (χ2n) is 2.86. The third-order valence-electron chi connectivity index (χ3n) is 1.58. The lowest BCUT2D eigenvalue weighted by Crippen LogP contribution is -1.94. The van der Waals surface area contributed by atoms with Crippen molar-refractivity contribution in [2.75, 3.05) is 0 Å². The van der Waals surface area contributed by atoms with Crippen molar-refractivity contribution in [3.8, 4) is 0 Å². The largest absolute Gasteiger partial charge is 0.207 e. The highest BCUT2D eigenvalue weighted by Gasteiger charge is 2.06. The van der Waals surface area contributed by atoms with E-state index in [9.17, 15) is 4.39 Å². The Morgan fingerprint density at radius 1 is 1.45 bits per heavy atom. The quantitative estimate of drug-likeness (QED) is 0.544. The van der Waals surface area contributed by atoms with Crippen LogP contribution in [-0.2, 0) is 0 Å². The number of allylic oxidation sites excluding steroid dienone is 4. The van der Waals surface area contributed by atoms with E-state index in [-0.39, 0.29) is 11.7 Å². The number of hydrogen-bond donors (Lipinski definition) is 0. The third kappa shape index (κ3) is 3.35. The Morgan fingerprint density at radius 3 is 2.27 bits per heavy atom. The zero-order valence-corrected chi connectivity index (χ0v) is 7.82. The summed E-state index contributed by atoms with van der Waals surface area (Å²) in [5.74, 6) is 0.202. The molecule has 0 aromatic rings. The van der Waals surface area contributed by atoms with Crippen LogP contribution in [0.2, 0.25) is 0 Å². The lowest BCUT2D eigenvalue weighted by atomic mass is 10.0. The molecule has 0 heterocycles. The Hall–Kier alpha value is -0.590. The van der Waals surface area contributed by atoms with Crippen LogP contribution in [0.4, 0.5) is 4.39 Å². The molecule has 1 heteroatoms. The van der Waals surface area contributed by atoms with Gasteiger partial charge in [0.2, 0.25) is 0 Å². The second kappa shape index (κ2) is 5.11. The van der Waals surface area contributed by atoms with Crippen molar-refractivity contribution >= 4 is 0 Å². The molecule has 0 nitrogen and oxygen atoms in total. The molecule has 0 aliphatic rings. The smallest absolute Gasteiger partial charge is 0.122 e. The van der Waals surface area contributed by atoms with Crippen LogP contribution in [0.1, 0.15) is 34.1 Å². The first-order valence-corrected chi connectivity index (χ1v) is 4.15. The van der Waals surface area contributed by atoms with E-state index < -0.39 is 0 Å². The van der Waals surface area contributed by atoms with E-state index in [1.54, 1.807) is 6.92 Å². The molecular formula is C10H17F. The Bertz CT molecular complexity index is 164. The summed E-state index contributed by atoms with van der Waals surface area (Å²) in [6, 6.07) is 0. The highest BCUT2D eigenvalue weighted by atomic mass is 19.1. The first-order valence-electron chi connectivity index (χ1n) is 4.15. The average molecular weight is 156 g/mol. The Morgan fingerprint density at radius 2 is 2.00 bits per heavy atom. The van der Waals surface area contributed by atoms with Gasteiger partial charge < -0.3 is 0 Å². The van der Waals surface area contributed by atoms with Gasteiger partial charge in [0, 0.05) is 0 Å². The third-order valence-corrected chi connectivity index (χ3v) is 1.58. The molecule has 0 N–H and O–H groups in total. The minimum Gasteiger partial charge on any atom is -0.207 e. The van der Waals surface area contributed by atoms with Crippen molar-refractivity contribution in [2.24, 2.45) is 5.92 Å². The van der Waals surface area contributed by atoms with Gasteiger partial charge in [0.05, 0.1) is 0 Å². The lowest BCUT2D eigenvalue weighted by Gasteiger charge is -2.07. The van der Waals surface area contributed by atoms with Crippen LogP contribution in [0.15, 0.2) is 23.6 Å². The van der Waals surface area contributed by atoms with Crippen molar-refractivity contribution in [2.45, 2.75) is 34.1 Å². The van der Waals surface area contributed by atoms with Gasteiger partial charge in [-0.1, -0.05) is 32.9 Å². The van der Waals surface area contributed by atoms with E-state index in [0.29, 0.717) is 0 Å². The first-order chi connectivity index (χ1) is 5.13. The van der Waals surface area contributed by atoms with Crippen LogP contribution >= 0.6 is 0 Å². The van der Waals surface area contributed by atoms with E-state index in [2.05, 4.69) is 0 Å². The van der Waals surface area contributed by atoms with E-state index in [4.69, 9.17) is 0 Å². The summed E-state index contributed by atoms with van der Waals surface area (Å²) in [6.45, 7) is 7.75. The van der Waals surface area contributed by atoms with Gasteiger partial charge in [-0.05, 0) is 24.8 Å². The molecule has 0 amide bonds. The molecule has 64 valence electrons. The monoisotopic (exact) mass is 156 g/mol. The van der Waals surface area contributed by atoms with Crippen LogP contribution in [0.25, 0.3) is 0 Å². The molecule has 0 spiro atoms. The van der Waals surface area contributed by atoms with Gasteiger partial charge in [-0.25, -0.2) is 4.39 Å². The van der Waals surface area contributed by atoms with Crippen molar-refractivity contribution in [3.63, 3.8) is 0 Å². The van der Waals surface area contributed by atoms with Crippen LogP contribution in [-0.4, -0.2) is 0 Å². The molecule has 0 aromatic carbocycles. The second-order valence-corrected chi connectivity index (χ2v) is 2.86. The average Bonchev–Trinajstić information content (AvgIpc) is 1.98. The fourth-order valence-corrected chi connectivity index (χ4v) is 0.996. The Kier molecular flexibility index (Phi) is 4.84. The van der Waals surface area contributed by atoms with Gasteiger partial charge >= 0.3 is 0 Å². The molecule has 0 unspecified atom stereocenters. The molecule has 0 aliphatic heterocycles. The van der Waals surface area contributed by atoms with Crippen LogP contribution in [0, 0.1) is 5.92 Å². The molecule has 0 rings (SSSR count). The highest BCUT2D eigenvalue weighted by molar-refractivity contribution is 5.26. The first kappa shape index (κ1) is 10.4. The molecule has 0 aliphatic carbocycles. The maximum absolute atomic E-state index is 13.0. The molecule has 0 saturated heterocycles. The molecule has 0 fully saturated rings. The zero-order chi connectivity index (χ0) is 8.85. The van der Waals surface area contributed by atoms with Crippen LogP contribution in [0.3, 0.4) is 0 Å². The number of halogens is 1. The van der Waals surface area contributed by atoms with Crippen molar-refractivity contribution in [3.05, 3.63) is 23.6 Å². The fourth-order valence-electron chi connectivity index (χ4n) is 0.996. The molecular weight excluding hydrogens is 139 g/mol. The topological polar surface area (TPSA) is 0 Å². The van der Waals surface area contributed by atoms with Crippen LogP contribution < -0.4 is 0 Å². The highest BCUT2D eigenvalue weighted by Crippen LogP contribution is 2.20. The molecule has 11 heavy (non-hydrogen) atoms. The summed E-state index contributed by atoms with van der Waals surface area (Å²) in [5, 5.41) is 0. The number of hydrogen-bond acceptors (Lipinski definition) is 0. The predicted octanol–water partition coefficient (Wildman–Crippen LogP) is 3.85. The zero-order valence-electron chi connectivity index (χ0n) is 7.82. The van der Waals surface area contributed by atoms with E-state index in [1.807, 2.05) is 26.8 Å². The molecule has 0 atom stereocenters. The molecule has 0 bridgehead atoms. The minimum atomic E-state index is -0.0816. The van der Waals surface area contributed by atoms with E-state index in [0.717, 1.165) is 12.0 Å². The summed E-state index contributed by atoms with van der Waals surface area (Å²) in [4.78, 5) is 0. The molecule has 0 aromatic heterocycles. The molecule has 0 radical (unpaired) electrons. The van der Waals surface area contributed by atoms with Gasteiger partial charge in [-0.15, -0.1) is 0 Å². The van der Waals surface area contributed by atoms with E-state index in [1.165, 1.54) is 6.08 Å². The summed E-state index contributed by atoms with van der Waals surface area (Å²) >= 11 is 0. The Balaban J connectivity index is 4.48. The fraction of sp³-hybridized carbons (Fsp3) is 0.600.